The lowest BCUT2D eigenvalue weighted by atomic mass is 9.99. The van der Waals surface area contributed by atoms with Crippen LogP contribution in [-0.2, 0) is 4.74 Å². The molecule has 0 radical (unpaired) electrons. The van der Waals surface area contributed by atoms with Gasteiger partial charge in [0.15, 0.2) is 0 Å². The van der Waals surface area contributed by atoms with Crippen LogP contribution in [-0.4, -0.2) is 36.7 Å². The molecule has 2 heteroatoms. The van der Waals surface area contributed by atoms with Crippen LogP contribution in [0.4, 0.5) is 0 Å². The number of ether oxygens (including phenoxy) is 1. The van der Waals surface area contributed by atoms with Crippen LogP contribution in [0.2, 0.25) is 0 Å². The van der Waals surface area contributed by atoms with Gasteiger partial charge in [-0.2, -0.15) is 0 Å². The van der Waals surface area contributed by atoms with Crippen LogP contribution in [0.15, 0.2) is 0 Å². The van der Waals surface area contributed by atoms with E-state index in [1.54, 1.807) is 0 Å². The van der Waals surface area contributed by atoms with Crippen molar-refractivity contribution in [2.45, 2.75) is 51.9 Å². The first-order valence-corrected chi connectivity index (χ1v) is 5.00. The molecule has 72 valence electrons. The van der Waals surface area contributed by atoms with Crippen LogP contribution in [0.25, 0.3) is 0 Å². The van der Waals surface area contributed by atoms with Crippen molar-refractivity contribution >= 4 is 0 Å². The minimum Gasteiger partial charge on any atom is -0.374 e. The van der Waals surface area contributed by atoms with Crippen molar-refractivity contribution in [1.29, 1.82) is 0 Å². The zero-order chi connectivity index (χ0) is 9.14. The Morgan fingerprint density at radius 2 is 2.00 bits per heavy atom. The van der Waals surface area contributed by atoms with Crippen LogP contribution in [0, 0.1) is 0 Å². The Morgan fingerprint density at radius 3 is 2.50 bits per heavy atom. The van der Waals surface area contributed by atoms with Gasteiger partial charge in [-0.25, -0.2) is 0 Å². The summed E-state index contributed by atoms with van der Waals surface area (Å²) in [5, 5.41) is 0. The van der Waals surface area contributed by atoms with Crippen LogP contribution in [0.5, 0.6) is 0 Å². The van der Waals surface area contributed by atoms with Crippen molar-refractivity contribution in [2.24, 2.45) is 0 Å². The summed E-state index contributed by atoms with van der Waals surface area (Å²) in [5.74, 6) is 0. The van der Waals surface area contributed by atoms with Crippen molar-refractivity contribution in [3.05, 3.63) is 0 Å². The van der Waals surface area contributed by atoms with Crippen LogP contribution in [0.1, 0.15) is 33.6 Å². The number of likely N-dealkylation sites (N-methyl/N-ethyl adjacent to an activating group) is 1. The summed E-state index contributed by atoms with van der Waals surface area (Å²) < 4.78 is 5.78. The van der Waals surface area contributed by atoms with Gasteiger partial charge in [0.2, 0.25) is 0 Å². The molecule has 3 atom stereocenters. The van der Waals surface area contributed by atoms with E-state index in [1.807, 2.05) is 0 Å². The Balaban J connectivity index is 2.44. The Hall–Kier alpha value is -0.0800. The number of nitrogens with zero attached hydrogens (tertiary/aromatic N) is 1. The number of hydrogen-bond donors (Lipinski definition) is 0. The normalized spacial score (nSPS) is 37.2. The zero-order valence-electron chi connectivity index (χ0n) is 8.71. The Morgan fingerprint density at radius 1 is 1.33 bits per heavy atom. The van der Waals surface area contributed by atoms with Crippen molar-refractivity contribution in [2.75, 3.05) is 13.6 Å². The van der Waals surface area contributed by atoms with Crippen LogP contribution < -0.4 is 0 Å². The Kier molecular flexibility index (Phi) is 3.53. The highest BCUT2D eigenvalue weighted by Gasteiger charge is 2.27. The maximum absolute atomic E-state index is 5.78. The van der Waals surface area contributed by atoms with Gasteiger partial charge in [0, 0.05) is 6.04 Å². The van der Waals surface area contributed by atoms with Gasteiger partial charge in [0.25, 0.3) is 0 Å². The summed E-state index contributed by atoms with van der Waals surface area (Å²) in [4.78, 5) is 2.39. The molecule has 1 heterocycles. The molecule has 12 heavy (non-hydrogen) atoms. The summed E-state index contributed by atoms with van der Waals surface area (Å²) in [5.41, 5.74) is 0. The Labute approximate surface area is 75.9 Å². The second-order valence-electron chi connectivity index (χ2n) is 3.87. The third-order valence-corrected chi connectivity index (χ3v) is 2.92. The van der Waals surface area contributed by atoms with Gasteiger partial charge in [-0.3, -0.25) is 0 Å². The fourth-order valence-corrected chi connectivity index (χ4v) is 1.98. The molecule has 0 aromatic carbocycles. The van der Waals surface area contributed by atoms with Gasteiger partial charge in [-0.05, 0) is 40.3 Å². The maximum Gasteiger partial charge on any atom is 0.0705 e. The molecule has 1 aliphatic rings. The highest BCUT2D eigenvalue weighted by Crippen LogP contribution is 2.22. The predicted octanol–water partition coefficient (Wildman–Crippen LogP) is 1.89. The molecule has 0 bridgehead atoms. The standard InChI is InChI=1S/C10H21NO/c1-5-11(4)10-7-6-8(2)12-9(10)3/h8-10H,5-7H2,1-4H3. The molecule has 1 rings (SSSR count). The van der Waals surface area contributed by atoms with E-state index < -0.39 is 0 Å². The zero-order valence-corrected chi connectivity index (χ0v) is 8.71. The lowest BCUT2D eigenvalue weighted by Crippen LogP contribution is -2.45. The van der Waals surface area contributed by atoms with E-state index in [0.29, 0.717) is 18.2 Å². The van der Waals surface area contributed by atoms with E-state index in [1.165, 1.54) is 12.8 Å². The molecule has 0 spiro atoms. The highest BCUT2D eigenvalue weighted by molar-refractivity contribution is 4.80. The molecule has 0 saturated carbocycles. The summed E-state index contributed by atoms with van der Waals surface area (Å²) >= 11 is 0. The number of rotatable bonds is 2. The van der Waals surface area contributed by atoms with Gasteiger partial charge in [0.05, 0.1) is 12.2 Å². The SMILES string of the molecule is CCN(C)C1CCC(C)OC1C. The molecule has 1 saturated heterocycles. The summed E-state index contributed by atoms with van der Waals surface area (Å²) in [6.45, 7) is 7.67. The van der Waals surface area contributed by atoms with Crippen LogP contribution >= 0.6 is 0 Å². The number of hydrogen-bond acceptors (Lipinski definition) is 2. The average Bonchev–Trinajstić information content (AvgIpc) is 2.03. The molecule has 0 aliphatic carbocycles. The molecule has 1 aliphatic heterocycles. The van der Waals surface area contributed by atoms with Gasteiger partial charge in [-0.1, -0.05) is 6.92 Å². The molecule has 0 amide bonds. The second-order valence-corrected chi connectivity index (χ2v) is 3.87. The fourth-order valence-electron chi connectivity index (χ4n) is 1.98. The van der Waals surface area contributed by atoms with E-state index in [2.05, 4.69) is 32.7 Å². The van der Waals surface area contributed by atoms with E-state index in [-0.39, 0.29) is 0 Å². The van der Waals surface area contributed by atoms with E-state index in [0.717, 1.165) is 6.54 Å². The lowest BCUT2D eigenvalue weighted by Gasteiger charge is -2.38. The maximum atomic E-state index is 5.78. The van der Waals surface area contributed by atoms with Crippen LogP contribution in [0.3, 0.4) is 0 Å². The molecule has 2 nitrogen and oxygen atoms in total. The third-order valence-electron chi connectivity index (χ3n) is 2.92. The summed E-state index contributed by atoms with van der Waals surface area (Å²) in [6.07, 6.45) is 3.35. The Bertz CT molecular complexity index is 138. The van der Waals surface area contributed by atoms with Crippen molar-refractivity contribution in [1.82, 2.24) is 4.90 Å². The monoisotopic (exact) mass is 171 g/mol. The smallest absolute Gasteiger partial charge is 0.0705 e. The largest absolute Gasteiger partial charge is 0.374 e. The summed E-state index contributed by atoms with van der Waals surface area (Å²) in [7, 11) is 2.18. The average molecular weight is 171 g/mol. The lowest BCUT2D eigenvalue weighted by molar-refractivity contribution is -0.0758. The molecule has 1 fully saturated rings. The van der Waals surface area contributed by atoms with E-state index in [9.17, 15) is 0 Å². The van der Waals surface area contributed by atoms with Gasteiger partial charge in [0.1, 0.15) is 0 Å². The van der Waals surface area contributed by atoms with E-state index in [4.69, 9.17) is 4.74 Å². The molecular weight excluding hydrogens is 150 g/mol. The first-order valence-electron chi connectivity index (χ1n) is 5.00. The van der Waals surface area contributed by atoms with Gasteiger partial charge >= 0.3 is 0 Å². The van der Waals surface area contributed by atoms with Gasteiger partial charge < -0.3 is 9.64 Å². The van der Waals surface area contributed by atoms with E-state index >= 15 is 0 Å². The molecule has 0 N–H and O–H groups in total. The van der Waals surface area contributed by atoms with Crippen molar-refractivity contribution < 1.29 is 4.74 Å². The molecule has 0 aromatic rings. The topological polar surface area (TPSA) is 12.5 Å². The second kappa shape index (κ2) is 4.24. The minimum absolute atomic E-state index is 0.402. The van der Waals surface area contributed by atoms with Gasteiger partial charge in [-0.15, -0.1) is 0 Å². The predicted molar refractivity (Wildman–Crippen MR) is 51.3 cm³/mol. The first kappa shape index (κ1) is 10.0. The third kappa shape index (κ3) is 2.20. The quantitative estimate of drug-likeness (QED) is 0.629. The highest BCUT2D eigenvalue weighted by atomic mass is 16.5. The molecular formula is C10H21NO. The minimum atomic E-state index is 0.402. The fraction of sp³-hybridized carbons (Fsp3) is 1.00. The molecule has 3 unspecified atom stereocenters. The first-order chi connectivity index (χ1) is 5.65. The summed E-state index contributed by atoms with van der Waals surface area (Å²) in [6, 6.07) is 0.631. The van der Waals surface area contributed by atoms with Crippen molar-refractivity contribution in [3.63, 3.8) is 0 Å². The molecule has 0 aromatic heterocycles. The van der Waals surface area contributed by atoms with Crippen molar-refractivity contribution in [3.8, 4) is 0 Å².